The van der Waals surface area contributed by atoms with Gasteiger partial charge in [-0.1, -0.05) is 48.5 Å². The van der Waals surface area contributed by atoms with Crippen molar-refractivity contribution in [1.29, 1.82) is 0 Å². The van der Waals surface area contributed by atoms with Crippen LogP contribution in [0.1, 0.15) is 5.82 Å². The molecule has 4 heteroatoms. The summed E-state index contributed by atoms with van der Waals surface area (Å²) in [6, 6.07) is 31.8. The standard InChI is InChI=1S/C26H17N3O/c1-4-10-21-18(7-1)19-8-2-5-11-22(19)28(21)17-13-14-25-24(15-17)29-23-12-6-3-9-20(23)27-26(29)16-30-25/h1-15H,16H2. The van der Waals surface area contributed by atoms with E-state index in [0.29, 0.717) is 6.61 Å². The average molecular weight is 387 g/mol. The molecule has 0 atom stereocenters. The fourth-order valence-corrected chi connectivity index (χ4v) is 4.73. The highest BCUT2D eigenvalue weighted by molar-refractivity contribution is 6.09. The van der Waals surface area contributed by atoms with Crippen molar-refractivity contribution in [1.82, 2.24) is 14.1 Å². The van der Waals surface area contributed by atoms with Gasteiger partial charge in [0.25, 0.3) is 0 Å². The van der Waals surface area contributed by atoms with Crippen molar-refractivity contribution in [3.63, 3.8) is 0 Å². The SMILES string of the molecule is c1ccc2c(c1)nc1n2-c2cc(-n3c4ccccc4c4ccccc43)ccc2OC1. The van der Waals surface area contributed by atoms with E-state index in [1.54, 1.807) is 0 Å². The Kier molecular flexibility index (Phi) is 3.03. The summed E-state index contributed by atoms with van der Waals surface area (Å²) in [6.45, 7) is 0.483. The first-order chi connectivity index (χ1) is 14.9. The number of hydrogen-bond donors (Lipinski definition) is 0. The molecule has 0 saturated carbocycles. The first-order valence-electron chi connectivity index (χ1n) is 10.1. The quantitative estimate of drug-likeness (QED) is 0.346. The third kappa shape index (κ3) is 2.02. The highest BCUT2D eigenvalue weighted by Crippen LogP contribution is 2.37. The molecule has 2 aromatic heterocycles. The molecule has 4 aromatic carbocycles. The number of rotatable bonds is 1. The predicted octanol–water partition coefficient (Wildman–Crippen LogP) is 6.02. The molecular formula is C26H17N3O. The Bertz CT molecular complexity index is 1550. The predicted molar refractivity (Wildman–Crippen MR) is 120 cm³/mol. The smallest absolute Gasteiger partial charge is 0.152 e. The largest absolute Gasteiger partial charge is 0.483 e. The van der Waals surface area contributed by atoms with Gasteiger partial charge in [-0.25, -0.2) is 4.98 Å². The van der Waals surface area contributed by atoms with Crippen molar-refractivity contribution in [2.24, 2.45) is 0 Å². The van der Waals surface area contributed by atoms with Crippen LogP contribution in [0.3, 0.4) is 0 Å². The van der Waals surface area contributed by atoms with E-state index in [1.165, 1.54) is 21.8 Å². The van der Waals surface area contributed by atoms with Crippen LogP contribution in [0, 0.1) is 0 Å². The van der Waals surface area contributed by atoms with Gasteiger partial charge >= 0.3 is 0 Å². The van der Waals surface area contributed by atoms with Crippen LogP contribution < -0.4 is 4.74 Å². The van der Waals surface area contributed by atoms with Gasteiger partial charge in [-0.2, -0.15) is 0 Å². The Hall–Kier alpha value is -4.05. The lowest BCUT2D eigenvalue weighted by atomic mass is 10.2. The second-order valence-corrected chi connectivity index (χ2v) is 7.66. The second kappa shape index (κ2) is 5.74. The first-order valence-corrected chi connectivity index (χ1v) is 10.1. The molecule has 0 fully saturated rings. The van der Waals surface area contributed by atoms with E-state index < -0.39 is 0 Å². The van der Waals surface area contributed by atoms with E-state index in [2.05, 4.69) is 94.1 Å². The first kappa shape index (κ1) is 15.8. The summed E-state index contributed by atoms with van der Waals surface area (Å²) >= 11 is 0. The Morgan fingerprint density at radius 1 is 0.667 bits per heavy atom. The minimum atomic E-state index is 0.483. The molecule has 0 N–H and O–H groups in total. The molecule has 0 aliphatic carbocycles. The fourth-order valence-electron chi connectivity index (χ4n) is 4.73. The summed E-state index contributed by atoms with van der Waals surface area (Å²) in [5.74, 6) is 1.82. The molecule has 0 bridgehead atoms. The Labute approximate surface area is 172 Å². The zero-order valence-corrected chi connectivity index (χ0v) is 16.1. The number of hydrogen-bond acceptors (Lipinski definition) is 2. The van der Waals surface area contributed by atoms with Crippen LogP contribution in [0.15, 0.2) is 91.0 Å². The number of aromatic nitrogens is 3. The van der Waals surface area contributed by atoms with E-state index in [9.17, 15) is 0 Å². The van der Waals surface area contributed by atoms with Crippen molar-refractivity contribution in [3.8, 4) is 17.1 Å². The molecule has 3 heterocycles. The van der Waals surface area contributed by atoms with Crippen molar-refractivity contribution < 1.29 is 4.74 Å². The van der Waals surface area contributed by atoms with Gasteiger partial charge < -0.3 is 9.30 Å². The van der Waals surface area contributed by atoms with Gasteiger partial charge in [-0.05, 0) is 42.5 Å². The molecule has 0 radical (unpaired) electrons. The minimum Gasteiger partial charge on any atom is -0.483 e. The third-order valence-corrected chi connectivity index (χ3v) is 6.01. The maximum atomic E-state index is 6.03. The molecule has 0 amide bonds. The summed E-state index contributed by atoms with van der Waals surface area (Å²) in [4.78, 5) is 4.78. The number of fused-ring (bicyclic) bond motifs is 8. The molecule has 7 rings (SSSR count). The Morgan fingerprint density at radius 2 is 1.33 bits per heavy atom. The summed E-state index contributed by atoms with van der Waals surface area (Å²) in [5, 5.41) is 2.52. The Balaban J connectivity index is 1.55. The van der Waals surface area contributed by atoms with E-state index in [4.69, 9.17) is 9.72 Å². The molecule has 6 aromatic rings. The minimum absolute atomic E-state index is 0.483. The zero-order chi connectivity index (χ0) is 19.7. The fraction of sp³-hybridized carbons (Fsp3) is 0.0385. The molecule has 142 valence electrons. The van der Waals surface area contributed by atoms with Gasteiger partial charge in [0.15, 0.2) is 5.82 Å². The second-order valence-electron chi connectivity index (χ2n) is 7.66. The zero-order valence-electron chi connectivity index (χ0n) is 16.1. The summed E-state index contributed by atoms with van der Waals surface area (Å²) in [5.41, 5.74) is 6.64. The molecule has 0 saturated heterocycles. The summed E-state index contributed by atoms with van der Waals surface area (Å²) < 4.78 is 10.6. The van der Waals surface area contributed by atoms with Crippen molar-refractivity contribution in [2.45, 2.75) is 6.61 Å². The monoisotopic (exact) mass is 387 g/mol. The topological polar surface area (TPSA) is 32.0 Å². The average Bonchev–Trinajstić information content (AvgIpc) is 3.35. The van der Waals surface area contributed by atoms with Gasteiger partial charge in [-0.15, -0.1) is 0 Å². The van der Waals surface area contributed by atoms with E-state index in [-0.39, 0.29) is 0 Å². The number of nitrogens with zero attached hydrogens (tertiary/aromatic N) is 3. The lowest BCUT2D eigenvalue weighted by molar-refractivity contribution is 0.280. The van der Waals surface area contributed by atoms with Gasteiger partial charge in [0.1, 0.15) is 12.4 Å². The van der Waals surface area contributed by atoms with E-state index in [0.717, 1.165) is 34.0 Å². The van der Waals surface area contributed by atoms with Crippen molar-refractivity contribution >= 4 is 32.8 Å². The third-order valence-electron chi connectivity index (χ3n) is 6.01. The van der Waals surface area contributed by atoms with Crippen LogP contribution in [0.2, 0.25) is 0 Å². The number of ether oxygens (including phenoxy) is 1. The molecule has 4 nitrogen and oxygen atoms in total. The summed E-state index contributed by atoms with van der Waals surface area (Å²) in [7, 11) is 0. The van der Waals surface area contributed by atoms with Crippen LogP contribution >= 0.6 is 0 Å². The molecule has 1 aliphatic rings. The lowest BCUT2D eigenvalue weighted by Crippen LogP contribution is -2.13. The molecular weight excluding hydrogens is 370 g/mol. The number of para-hydroxylation sites is 4. The number of benzene rings is 4. The van der Waals surface area contributed by atoms with E-state index in [1.807, 2.05) is 6.07 Å². The lowest BCUT2D eigenvalue weighted by Gasteiger charge is -2.21. The van der Waals surface area contributed by atoms with Gasteiger partial charge in [-0.3, -0.25) is 4.57 Å². The molecule has 1 aliphatic heterocycles. The van der Waals surface area contributed by atoms with Crippen LogP contribution in [-0.4, -0.2) is 14.1 Å². The maximum Gasteiger partial charge on any atom is 0.152 e. The van der Waals surface area contributed by atoms with Gasteiger partial charge in [0.05, 0.1) is 27.8 Å². The molecule has 0 spiro atoms. The molecule has 30 heavy (non-hydrogen) atoms. The van der Waals surface area contributed by atoms with Crippen LogP contribution in [0.25, 0.3) is 44.2 Å². The summed E-state index contributed by atoms with van der Waals surface area (Å²) in [6.07, 6.45) is 0. The highest BCUT2D eigenvalue weighted by Gasteiger charge is 2.22. The Morgan fingerprint density at radius 3 is 2.10 bits per heavy atom. The van der Waals surface area contributed by atoms with Crippen molar-refractivity contribution in [3.05, 3.63) is 96.8 Å². The highest BCUT2D eigenvalue weighted by atomic mass is 16.5. The van der Waals surface area contributed by atoms with Crippen molar-refractivity contribution in [2.75, 3.05) is 0 Å². The van der Waals surface area contributed by atoms with Crippen LogP contribution in [0.5, 0.6) is 5.75 Å². The maximum absolute atomic E-state index is 6.03. The van der Waals surface area contributed by atoms with Gasteiger partial charge in [0.2, 0.25) is 0 Å². The van der Waals surface area contributed by atoms with E-state index >= 15 is 0 Å². The van der Waals surface area contributed by atoms with Crippen LogP contribution in [0.4, 0.5) is 0 Å². The number of imidazole rings is 1. The van der Waals surface area contributed by atoms with Crippen LogP contribution in [-0.2, 0) is 6.61 Å². The molecule has 0 unspecified atom stereocenters. The van der Waals surface area contributed by atoms with Gasteiger partial charge in [0, 0.05) is 16.5 Å². The normalized spacial score (nSPS) is 12.8.